The SMILES string of the molecule is C[C@H](NC(=O)Nc1ccc(F)c(F)c1F)c1ccc(F)c(F)c1. The molecule has 0 unspecified atom stereocenters. The van der Waals surface area contributed by atoms with Crippen molar-refractivity contribution in [2.75, 3.05) is 5.32 Å². The lowest BCUT2D eigenvalue weighted by Gasteiger charge is -2.15. The Morgan fingerprint density at radius 1 is 0.913 bits per heavy atom. The molecule has 0 bridgehead atoms. The van der Waals surface area contributed by atoms with Crippen LogP contribution in [0.25, 0.3) is 0 Å². The van der Waals surface area contributed by atoms with Gasteiger partial charge in [0.25, 0.3) is 0 Å². The summed E-state index contributed by atoms with van der Waals surface area (Å²) in [7, 11) is 0. The molecule has 0 aliphatic rings. The van der Waals surface area contributed by atoms with E-state index in [-0.39, 0.29) is 5.56 Å². The minimum atomic E-state index is -1.71. The minimum Gasteiger partial charge on any atom is -0.331 e. The molecule has 3 nitrogen and oxygen atoms in total. The van der Waals surface area contributed by atoms with Crippen LogP contribution < -0.4 is 10.6 Å². The molecule has 0 aliphatic carbocycles. The lowest BCUT2D eigenvalue weighted by molar-refractivity contribution is 0.249. The van der Waals surface area contributed by atoms with E-state index in [0.717, 1.165) is 18.2 Å². The first kappa shape index (κ1) is 16.7. The predicted octanol–water partition coefficient (Wildman–Crippen LogP) is 4.26. The van der Waals surface area contributed by atoms with Crippen LogP contribution in [0.4, 0.5) is 32.4 Å². The van der Waals surface area contributed by atoms with Crippen LogP contribution in [-0.4, -0.2) is 6.03 Å². The molecule has 0 saturated carbocycles. The molecule has 2 aromatic rings. The van der Waals surface area contributed by atoms with Gasteiger partial charge in [0.2, 0.25) is 0 Å². The maximum atomic E-state index is 13.4. The van der Waals surface area contributed by atoms with Gasteiger partial charge in [-0.1, -0.05) is 6.07 Å². The molecule has 2 N–H and O–H groups in total. The zero-order valence-electron chi connectivity index (χ0n) is 11.8. The van der Waals surface area contributed by atoms with E-state index in [1.165, 1.54) is 13.0 Å². The number of rotatable bonds is 3. The molecule has 122 valence electrons. The van der Waals surface area contributed by atoms with Crippen molar-refractivity contribution >= 4 is 11.7 Å². The van der Waals surface area contributed by atoms with E-state index >= 15 is 0 Å². The Morgan fingerprint density at radius 2 is 1.57 bits per heavy atom. The van der Waals surface area contributed by atoms with Crippen molar-refractivity contribution in [3.63, 3.8) is 0 Å². The topological polar surface area (TPSA) is 41.1 Å². The Kier molecular flexibility index (Phi) is 4.83. The standard InChI is InChI=1S/C15H11F5N2O/c1-7(8-2-3-9(16)11(18)6-8)21-15(23)22-12-5-4-10(17)13(19)14(12)20/h2-7H,1H3,(H2,21,22,23)/t7-/m0/s1. The molecule has 0 heterocycles. The fraction of sp³-hybridized carbons (Fsp3) is 0.133. The average molecular weight is 330 g/mol. The summed E-state index contributed by atoms with van der Waals surface area (Å²) < 4.78 is 65.2. The summed E-state index contributed by atoms with van der Waals surface area (Å²) >= 11 is 0. The van der Waals surface area contributed by atoms with Crippen LogP contribution >= 0.6 is 0 Å². The highest BCUT2D eigenvalue weighted by Gasteiger charge is 2.17. The Labute approximate surface area is 128 Å². The number of nitrogens with one attached hydrogen (secondary N) is 2. The molecule has 0 spiro atoms. The van der Waals surface area contributed by atoms with Crippen LogP contribution in [-0.2, 0) is 0 Å². The molecular weight excluding hydrogens is 319 g/mol. The third-order valence-electron chi connectivity index (χ3n) is 3.07. The minimum absolute atomic E-state index is 0.268. The Bertz CT molecular complexity index is 751. The summed E-state index contributed by atoms with van der Waals surface area (Å²) in [6.45, 7) is 1.48. The second kappa shape index (κ2) is 6.64. The summed E-state index contributed by atoms with van der Waals surface area (Å²) in [5, 5.41) is 4.34. The number of carbonyl (C=O) groups is 1. The van der Waals surface area contributed by atoms with Gasteiger partial charge in [-0.05, 0) is 36.8 Å². The van der Waals surface area contributed by atoms with Gasteiger partial charge in [0, 0.05) is 0 Å². The molecular formula is C15H11F5N2O. The van der Waals surface area contributed by atoms with Gasteiger partial charge >= 0.3 is 6.03 Å². The van der Waals surface area contributed by atoms with Gasteiger partial charge < -0.3 is 10.6 Å². The van der Waals surface area contributed by atoms with Crippen molar-refractivity contribution < 1.29 is 26.7 Å². The molecule has 2 rings (SSSR count). The second-order valence-corrected chi connectivity index (χ2v) is 4.72. The predicted molar refractivity (Wildman–Crippen MR) is 73.2 cm³/mol. The van der Waals surface area contributed by atoms with E-state index in [4.69, 9.17) is 0 Å². The van der Waals surface area contributed by atoms with Gasteiger partial charge in [0.15, 0.2) is 29.1 Å². The molecule has 0 saturated heterocycles. The van der Waals surface area contributed by atoms with Crippen LogP contribution in [0.2, 0.25) is 0 Å². The molecule has 23 heavy (non-hydrogen) atoms. The number of anilines is 1. The highest BCUT2D eigenvalue weighted by molar-refractivity contribution is 5.89. The van der Waals surface area contributed by atoms with Crippen molar-refractivity contribution in [3.8, 4) is 0 Å². The molecule has 0 aromatic heterocycles. The quantitative estimate of drug-likeness (QED) is 0.641. The number of halogens is 5. The summed E-state index contributed by atoms with van der Waals surface area (Å²) in [4.78, 5) is 11.7. The van der Waals surface area contributed by atoms with Crippen molar-refractivity contribution in [1.82, 2.24) is 5.32 Å². The van der Waals surface area contributed by atoms with Gasteiger partial charge in [0.1, 0.15) is 0 Å². The Morgan fingerprint density at radius 3 is 2.22 bits per heavy atom. The van der Waals surface area contributed by atoms with E-state index in [0.29, 0.717) is 6.07 Å². The number of urea groups is 1. The normalized spacial score (nSPS) is 11.9. The molecule has 8 heteroatoms. The average Bonchev–Trinajstić information content (AvgIpc) is 2.50. The summed E-state index contributed by atoms with van der Waals surface area (Å²) in [6, 6.07) is 2.92. The first-order valence-electron chi connectivity index (χ1n) is 6.45. The lowest BCUT2D eigenvalue weighted by Crippen LogP contribution is -2.31. The smallest absolute Gasteiger partial charge is 0.319 e. The van der Waals surface area contributed by atoms with Crippen LogP contribution in [0.1, 0.15) is 18.5 Å². The van der Waals surface area contributed by atoms with E-state index in [1.807, 2.05) is 5.32 Å². The fourth-order valence-electron chi connectivity index (χ4n) is 1.84. The molecule has 0 aliphatic heterocycles. The first-order chi connectivity index (χ1) is 10.8. The summed E-state index contributed by atoms with van der Waals surface area (Å²) in [6.07, 6.45) is 0. The van der Waals surface area contributed by atoms with Crippen molar-refractivity contribution in [1.29, 1.82) is 0 Å². The van der Waals surface area contributed by atoms with Crippen molar-refractivity contribution in [2.24, 2.45) is 0 Å². The molecule has 0 radical (unpaired) electrons. The van der Waals surface area contributed by atoms with E-state index in [1.54, 1.807) is 0 Å². The highest BCUT2D eigenvalue weighted by Crippen LogP contribution is 2.20. The number of hydrogen-bond donors (Lipinski definition) is 2. The lowest BCUT2D eigenvalue weighted by atomic mass is 10.1. The van der Waals surface area contributed by atoms with E-state index in [9.17, 15) is 26.7 Å². The van der Waals surface area contributed by atoms with Crippen molar-refractivity contribution in [3.05, 3.63) is 65.0 Å². The van der Waals surface area contributed by atoms with Gasteiger partial charge in [-0.15, -0.1) is 0 Å². The number of carbonyl (C=O) groups excluding carboxylic acids is 1. The van der Waals surface area contributed by atoms with Gasteiger partial charge in [0.05, 0.1) is 11.7 Å². The van der Waals surface area contributed by atoms with E-state index < -0.39 is 46.8 Å². The number of benzene rings is 2. The Hall–Kier alpha value is -2.64. The van der Waals surface area contributed by atoms with Gasteiger partial charge in [-0.2, -0.15) is 0 Å². The molecule has 2 aromatic carbocycles. The fourth-order valence-corrected chi connectivity index (χ4v) is 1.84. The Balaban J connectivity index is 2.07. The molecule has 1 atom stereocenters. The molecule has 2 amide bonds. The maximum absolute atomic E-state index is 13.4. The summed E-state index contributed by atoms with van der Waals surface area (Å²) in [5.74, 6) is -6.75. The maximum Gasteiger partial charge on any atom is 0.319 e. The van der Waals surface area contributed by atoms with Crippen LogP contribution in [0, 0.1) is 29.1 Å². The molecule has 0 fully saturated rings. The zero-order valence-corrected chi connectivity index (χ0v) is 11.8. The monoisotopic (exact) mass is 330 g/mol. The summed E-state index contributed by atoms with van der Waals surface area (Å²) in [5.41, 5.74) is -0.288. The van der Waals surface area contributed by atoms with Crippen LogP contribution in [0.15, 0.2) is 30.3 Å². The third kappa shape index (κ3) is 3.77. The third-order valence-corrected chi connectivity index (χ3v) is 3.07. The van der Waals surface area contributed by atoms with Gasteiger partial charge in [-0.25, -0.2) is 26.7 Å². The second-order valence-electron chi connectivity index (χ2n) is 4.72. The zero-order chi connectivity index (χ0) is 17.1. The van der Waals surface area contributed by atoms with Crippen molar-refractivity contribution in [2.45, 2.75) is 13.0 Å². The van der Waals surface area contributed by atoms with E-state index in [2.05, 4.69) is 5.32 Å². The first-order valence-corrected chi connectivity index (χ1v) is 6.45. The highest BCUT2D eigenvalue weighted by atomic mass is 19.2. The van der Waals surface area contributed by atoms with Crippen LogP contribution in [0.5, 0.6) is 0 Å². The van der Waals surface area contributed by atoms with Crippen LogP contribution in [0.3, 0.4) is 0 Å². The number of amides is 2. The largest absolute Gasteiger partial charge is 0.331 e. The number of hydrogen-bond acceptors (Lipinski definition) is 1. The van der Waals surface area contributed by atoms with Gasteiger partial charge in [-0.3, -0.25) is 0 Å².